The molecule has 0 unspecified atom stereocenters. The Morgan fingerprint density at radius 3 is 2.40 bits per heavy atom. The smallest absolute Gasteiger partial charge is 0.337 e. The summed E-state index contributed by atoms with van der Waals surface area (Å²) in [5.41, 5.74) is 1.61. The molecule has 2 N–H and O–H groups in total. The summed E-state index contributed by atoms with van der Waals surface area (Å²) >= 11 is 0. The minimum atomic E-state index is -3.20. The summed E-state index contributed by atoms with van der Waals surface area (Å²) in [6.45, 7) is 1.06. The van der Waals surface area contributed by atoms with Gasteiger partial charge in [0.15, 0.2) is 0 Å². The van der Waals surface area contributed by atoms with E-state index in [1.54, 1.807) is 29.1 Å². The molecule has 1 saturated carbocycles. The predicted molar refractivity (Wildman–Crippen MR) is 93.8 cm³/mol. The van der Waals surface area contributed by atoms with Crippen LogP contribution in [-0.2, 0) is 10.0 Å². The van der Waals surface area contributed by atoms with Crippen LogP contribution in [0.4, 0.5) is 5.69 Å². The molecule has 0 spiro atoms. The molecule has 0 radical (unpaired) electrons. The van der Waals surface area contributed by atoms with Crippen molar-refractivity contribution in [1.29, 1.82) is 0 Å². The fraction of sp³-hybridized carbons (Fsp3) is 0.353. The number of rotatable bonds is 6. The normalized spacial score (nSPS) is 18.2. The maximum atomic E-state index is 12.0. The molecular formula is C17H19N3O4S. The van der Waals surface area contributed by atoms with E-state index in [0.29, 0.717) is 18.8 Å². The number of aromatic nitrogens is 1. The average molecular weight is 361 g/mol. The lowest BCUT2D eigenvalue weighted by atomic mass is 10.0. The zero-order valence-corrected chi connectivity index (χ0v) is 14.3. The lowest BCUT2D eigenvalue weighted by Gasteiger charge is -2.42. The first kappa shape index (κ1) is 16.2. The van der Waals surface area contributed by atoms with Gasteiger partial charge in [-0.2, -0.15) is 0 Å². The summed E-state index contributed by atoms with van der Waals surface area (Å²) in [7, 11) is -3.20. The molecule has 2 aromatic rings. The molecule has 8 heteroatoms. The van der Waals surface area contributed by atoms with Crippen LogP contribution in [0, 0.1) is 0 Å². The maximum Gasteiger partial charge on any atom is 0.337 e. The van der Waals surface area contributed by atoms with Gasteiger partial charge >= 0.3 is 5.97 Å². The molecule has 1 aliphatic carbocycles. The third-order valence-electron chi connectivity index (χ3n) is 4.62. The van der Waals surface area contributed by atoms with E-state index in [1.165, 1.54) is 0 Å². The molecule has 0 bridgehead atoms. The molecule has 2 heterocycles. The van der Waals surface area contributed by atoms with Gasteiger partial charge in [0.2, 0.25) is 10.0 Å². The van der Waals surface area contributed by atoms with Crippen molar-refractivity contribution in [2.24, 2.45) is 0 Å². The summed E-state index contributed by atoms with van der Waals surface area (Å²) in [6.07, 6.45) is 5.09. The van der Waals surface area contributed by atoms with Gasteiger partial charge in [-0.15, -0.1) is 0 Å². The van der Waals surface area contributed by atoms with Crippen molar-refractivity contribution in [1.82, 2.24) is 9.29 Å². The minimum absolute atomic E-state index is 0.128. The van der Waals surface area contributed by atoms with Gasteiger partial charge in [0.05, 0.1) is 28.2 Å². The third kappa shape index (κ3) is 3.03. The molecule has 1 aromatic carbocycles. The van der Waals surface area contributed by atoms with E-state index in [0.717, 1.165) is 18.5 Å². The van der Waals surface area contributed by atoms with E-state index in [1.807, 2.05) is 23.1 Å². The van der Waals surface area contributed by atoms with Gasteiger partial charge in [0.1, 0.15) is 0 Å². The predicted octanol–water partition coefficient (Wildman–Crippen LogP) is 1.45. The molecule has 4 rings (SSSR count). The Balaban J connectivity index is 1.58. The summed E-state index contributed by atoms with van der Waals surface area (Å²) in [6, 6.07) is 8.71. The number of carboxylic acids is 1. The van der Waals surface area contributed by atoms with Crippen molar-refractivity contribution in [2.75, 3.05) is 18.0 Å². The SMILES string of the molecule is O=C(O)c1cccc(N2CC(NS(=O)(=O)C3CC3)C2)c1-n1cccc1. The van der Waals surface area contributed by atoms with E-state index < -0.39 is 16.0 Å². The van der Waals surface area contributed by atoms with Crippen LogP contribution in [-0.4, -0.2) is 48.4 Å². The molecule has 1 aliphatic heterocycles. The first-order valence-electron chi connectivity index (χ1n) is 8.21. The minimum Gasteiger partial charge on any atom is -0.478 e. The van der Waals surface area contributed by atoms with Crippen LogP contribution in [0.3, 0.4) is 0 Å². The number of nitrogens with zero attached hydrogens (tertiary/aromatic N) is 2. The van der Waals surface area contributed by atoms with Gasteiger partial charge in [-0.1, -0.05) is 6.07 Å². The van der Waals surface area contributed by atoms with E-state index in [2.05, 4.69) is 4.72 Å². The second-order valence-electron chi connectivity index (χ2n) is 6.53. The average Bonchev–Trinajstić information content (AvgIpc) is 3.27. The number of sulfonamides is 1. The second-order valence-corrected chi connectivity index (χ2v) is 8.53. The van der Waals surface area contributed by atoms with Crippen molar-refractivity contribution in [3.05, 3.63) is 48.3 Å². The maximum absolute atomic E-state index is 12.0. The largest absolute Gasteiger partial charge is 0.478 e. The highest BCUT2D eigenvalue weighted by molar-refractivity contribution is 7.90. The molecule has 7 nitrogen and oxygen atoms in total. The summed E-state index contributed by atoms with van der Waals surface area (Å²) in [5.74, 6) is -0.989. The van der Waals surface area contributed by atoms with E-state index in [9.17, 15) is 18.3 Å². The molecule has 2 fully saturated rings. The lowest BCUT2D eigenvalue weighted by Crippen LogP contribution is -2.60. The number of para-hydroxylation sites is 1. The molecule has 0 amide bonds. The molecule has 25 heavy (non-hydrogen) atoms. The zero-order chi connectivity index (χ0) is 17.6. The van der Waals surface area contributed by atoms with Crippen molar-refractivity contribution in [3.8, 4) is 5.69 Å². The quantitative estimate of drug-likeness (QED) is 0.812. The van der Waals surface area contributed by atoms with Crippen LogP contribution in [0.15, 0.2) is 42.7 Å². The lowest BCUT2D eigenvalue weighted by molar-refractivity contribution is 0.0697. The monoisotopic (exact) mass is 361 g/mol. The Morgan fingerprint density at radius 2 is 1.80 bits per heavy atom. The Morgan fingerprint density at radius 1 is 1.12 bits per heavy atom. The Bertz CT molecular complexity index is 898. The number of carboxylic acid groups (broad SMARTS) is 1. The number of hydrogen-bond acceptors (Lipinski definition) is 4. The summed E-state index contributed by atoms with van der Waals surface area (Å²) in [5, 5.41) is 9.28. The van der Waals surface area contributed by atoms with Crippen molar-refractivity contribution < 1.29 is 18.3 Å². The fourth-order valence-electron chi connectivity index (χ4n) is 3.17. The van der Waals surface area contributed by atoms with Crippen molar-refractivity contribution in [3.63, 3.8) is 0 Å². The van der Waals surface area contributed by atoms with E-state index in [4.69, 9.17) is 0 Å². The molecule has 2 aliphatic rings. The van der Waals surface area contributed by atoms with Crippen molar-refractivity contribution >= 4 is 21.7 Å². The van der Waals surface area contributed by atoms with Crippen molar-refractivity contribution in [2.45, 2.75) is 24.1 Å². The van der Waals surface area contributed by atoms with Crippen LogP contribution < -0.4 is 9.62 Å². The number of anilines is 1. The van der Waals surface area contributed by atoms with Gasteiger partial charge in [-0.3, -0.25) is 0 Å². The first-order chi connectivity index (χ1) is 12.0. The van der Waals surface area contributed by atoms with Crippen LogP contribution >= 0.6 is 0 Å². The van der Waals surface area contributed by atoms with Crippen LogP contribution in [0.5, 0.6) is 0 Å². The van der Waals surface area contributed by atoms with Crippen LogP contribution in [0.1, 0.15) is 23.2 Å². The molecule has 0 atom stereocenters. The Hall–Kier alpha value is -2.32. The zero-order valence-electron chi connectivity index (χ0n) is 13.5. The third-order valence-corrected chi connectivity index (χ3v) is 6.64. The first-order valence-corrected chi connectivity index (χ1v) is 9.76. The van der Waals surface area contributed by atoms with Gasteiger partial charge in [-0.05, 0) is 37.1 Å². The van der Waals surface area contributed by atoms with Gasteiger partial charge in [0, 0.05) is 25.5 Å². The molecule has 1 aromatic heterocycles. The highest BCUT2D eigenvalue weighted by Gasteiger charge is 2.40. The van der Waals surface area contributed by atoms with E-state index >= 15 is 0 Å². The summed E-state index contributed by atoms with van der Waals surface area (Å²) < 4.78 is 28.6. The highest BCUT2D eigenvalue weighted by Crippen LogP contribution is 2.33. The van der Waals surface area contributed by atoms with Crippen LogP contribution in [0.2, 0.25) is 0 Å². The fourth-order valence-corrected chi connectivity index (χ4v) is 4.73. The molecular weight excluding hydrogens is 342 g/mol. The highest BCUT2D eigenvalue weighted by atomic mass is 32.2. The Kier molecular flexibility index (Phi) is 3.81. The molecule has 132 valence electrons. The number of hydrogen-bond donors (Lipinski definition) is 2. The standard InChI is InChI=1S/C17H19N3O4S/c21-17(22)14-4-3-5-15(16(14)19-8-1-2-9-19)20-10-12(11-20)18-25(23,24)13-6-7-13/h1-5,8-9,12-13,18H,6-7,10-11H2,(H,21,22). The van der Waals surface area contributed by atoms with Gasteiger partial charge in [0.25, 0.3) is 0 Å². The summed E-state index contributed by atoms with van der Waals surface area (Å²) in [4.78, 5) is 13.6. The number of benzene rings is 1. The second kappa shape index (κ2) is 5.89. The van der Waals surface area contributed by atoms with Crippen LogP contribution in [0.25, 0.3) is 5.69 Å². The number of carbonyl (C=O) groups is 1. The number of nitrogens with one attached hydrogen (secondary N) is 1. The van der Waals surface area contributed by atoms with Gasteiger partial charge in [-0.25, -0.2) is 17.9 Å². The van der Waals surface area contributed by atoms with E-state index in [-0.39, 0.29) is 16.9 Å². The van der Waals surface area contributed by atoms with Gasteiger partial charge < -0.3 is 14.6 Å². The number of aromatic carboxylic acids is 1. The topological polar surface area (TPSA) is 91.6 Å². The molecule has 1 saturated heterocycles. The Labute approximate surface area is 145 Å².